The van der Waals surface area contributed by atoms with E-state index in [1.165, 1.54) is 19.1 Å². The molecule has 1 atom stereocenters. The van der Waals surface area contributed by atoms with Gasteiger partial charge in [0.15, 0.2) is 0 Å². The van der Waals surface area contributed by atoms with Gasteiger partial charge in [0.25, 0.3) is 0 Å². The van der Waals surface area contributed by atoms with E-state index in [0.717, 1.165) is 6.07 Å². The van der Waals surface area contributed by atoms with Crippen LogP contribution in [0.15, 0.2) is 18.2 Å². The van der Waals surface area contributed by atoms with Crippen molar-refractivity contribution >= 4 is 11.7 Å². The molecule has 1 aromatic rings. The molecule has 4 nitrogen and oxygen atoms in total. The van der Waals surface area contributed by atoms with Crippen LogP contribution in [0.1, 0.15) is 12.5 Å². The van der Waals surface area contributed by atoms with Gasteiger partial charge in [-0.1, -0.05) is 6.92 Å². The fraction of sp³-hybridized carbons (Fsp3) is 0.273. The van der Waals surface area contributed by atoms with Gasteiger partial charge in [-0.15, -0.1) is 0 Å². The Labute approximate surface area is 92.3 Å². The Hall–Kier alpha value is -2.09. The minimum atomic E-state index is -0.943. The highest BCUT2D eigenvalue weighted by Gasteiger charge is 2.11. The summed E-state index contributed by atoms with van der Waals surface area (Å²) < 4.78 is 13.3. The maximum Gasteiger partial charge on any atom is 0.308 e. The van der Waals surface area contributed by atoms with Gasteiger partial charge in [0, 0.05) is 6.54 Å². The lowest BCUT2D eigenvalue weighted by atomic mass is 10.1. The highest BCUT2D eigenvalue weighted by Crippen LogP contribution is 2.15. The van der Waals surface area contributed by atoms with E-state index < -0.39 is 17.7 Å². The molecular formula is C11H11FN2O2. The van der Waals surface area contributed by atoms with E-state index in [-0.39, 0.29) is 17.8 Å². The Morgan fingerprint density at radius 1 is 1.69 bits per heavy atom. The largest absolute Gasteiger partial charge is 0.481 e. The van der Waals surface area contributed by atoms with Crippen LogP contribution in [0.25, 0.3) is 0 Å². The van der Waals surface area contributed by atoms with E-state index in [2.05, 4.69) is 5.32 Å². The summed E-state index contributed by atoms with van der Waals surface area (Å²) in [6.45, 7) is 1.66. The molecule has 2 N–H and O–H groups in total. The molecule has 16 heavy (non-hydrogen) atoms. The standard InChI is InChI=1S/C11H11FN2O2/c1-7(11(15)16)6-14-10-3-2-8(5-13)4-9(10)12/h2-4,7,14H,6H2,1H3,(H,15,16). The molecule has 0 radical (unpaired) electrons. The normalized spacial score (nSPS) is 11.6. The van der Waals surface area contributed by atoms with Gasteiger partial charge in [-0.3, -0.25) is 4.79 Å². The van der Waals surface area contributed by atoms with Crippen molar-refractivity contribution in [3.8, 4) is 6.07 Å². The van der Waals surface area contributed by atoms with Gasteiger partial charge in [-0.25, -0.2) is 4.39 Å². The van der Waals surface area contributed by atoms with Crippen LogP contribution in [-0.2, 0) is 4.79 Å². The summed E-state index contributed by atoms with van der Waals surface area (Å²) in [6.07, 6.45) is 0. The van der Waals surface area contributed by atoms with Gasteiger partial charge in [-0.2, -0.15) is 5.26 Å². The minimum Gasteiger partial charge on any atom is -0.481 e. The van der Waals surface area contributed by atoms with E-state index >= 15 is 0 Å². The fourth-order valence-corrected chi connectivity index (χ4v) is 1.08. The van der Waals surface area contributed by atoms with Gasteiger partial charge < -0.3 is 10.4 Å². The summed E-state index contributed by atoms with van der Waals surface area (Å²) in [7, 11) is 0. The summed E-state index contributed by atoms with van der Waals surface area (Å²) in [5, 5.41) is 19.8. The van der Waals surface area contributed by atoms with E-state index in [9.17, 15) is 9.18 Å². The molecule has 0 amide bonds. The topological polar surface area (TPSA) is 73.1 Å². The van der Waals surface area contributed by atoms with Crippen LogP contribution in [0, 0.1) is 23.1 Å². The summed E-state index contributed by atoms with van der Waals surface area (Å²) >= 11 is 0. The lowest BCUT2D eigenvalue weighted by molar-refractivity contribution is -0.140. The third-order valence-corrected chi connectivity index (χ3v) is 2.12. The van der Waals surface area contributed by atoms with Crippen LogP contribution in [0.2, 0.25) is 0 Å². The highest BCUT2D eigenvalue weighted by atomic mass is 19.1. The molecular weight excluding hydrogens is 211 g/mol. The predicted molar refractivity (Wildman–Crippen MR) is 56.4 cm³/mol. The molecule has 0 aliphatic heterocycles. The molecule has 0 aliphatic carbocycles. The lowest BCUT2D eigenvalue weighted by Crippen LogP contribution is -2.20. The lowest BCUT2D eigenvalue weighted by Gasteiger charge is -2.10. The first-order valence-corrected chi connectivity index (χ1v) is 4.71. The molecule has 1 unspecified atom stereocenters. The zero-order valence-corrected chi connectivity index (χ0v) is 8.70. The summed E-state index contributed by atoms with van der Waals surface area (Å²) in [6, 6.07) is 5.81. The molecule has 0 bridgehead atoms. The zero-order valence-electron chi connectivity index (χ0n) is 8.70. The highest BCUT2D eigenvalue weighted by molar-refractivity contribution is 5.70. The number of carboxylic acid groups (broad SMARTS) is 1. The smallest absolute Gasteiger partial charge is 0.308 e. The van der Waals surface area contributed by atoms with Crippen molar-refractivity contribution in [1.29, 1.82) is 5.26 Å². The number of nitrogens with zero attached hydrogens (tertiary/aromatic N) is 1. The Morgan fingerprint density at radius 3 is 2.88 bits per heavy atom. The van der Waals surface area contributed by atoms with E-state index in [1.54, 1.807) is 0 Å². The number of carboxylic acids is 1. The van der Waals surface area contributed by atoms with Crippen molar-refractivity contribution in [2.75, 3.05) is 11.9 Å². The van der Waals surface area contributed by atoms with Crippen molar-refractivity contribution in [3.63, 3.8) is 0 Å². The molecule has 0 aromatic heterocycles. The maximum absolute atomic E-state index is 13.3. The van der Waals surface area contributed by atoms with Crippen molar-refractivity contribution in [2.24, 2.45) is 5.92 Å². The predicted octanol–water partition coefficient (Wildman–Crippen LogP) is 1.83. The molecule has 0 saturated heterocycles. The molecule has 0 aliphatic rings. The van der Waals surface area contributed by atoms with Crippen molar-refractivity contribution < 1.29 is 14.3 Å². The molecule has 1 aromatic carbocycles. The second kappa shape index (κ2) is 5.12. The average Bonchev–Trinajstić information content (AvgIpc) is 2.26. The fourth-order valence-electron chi connectivity index (χ4n) is 1.08. The Balaban J connectivity index is 2.69. The molecule has 84 valence electrons. The number of nitrogens with one attached hydrogen (secondary N) is 1. The van der Waals surface area contributed by atoms with Crippen molar-refractivity contribution in [2.45, 2.75) is 6.92 Å². The van der Waals surface area contributed by atoms with Crippen LogP contribution in [0.3, 0.4) is 0 Å². The second-order valence-electron chi connectivity index (χ2n) is 3.43. The molecule has 0 heterocycles. The van der Waals surface area contributed by atoms with Gasteiger partial charge >= 0.3 is 5.97 Å². The first-order chi connectivity index (χ1) is 7.54. The van der Waals surface area contributed by atoms with Gasteiger partial charge in [0.05, 0.1) is 23.2 Å². The number of carbonyl (C=O) groups is 1. The zero-order chi connectivity index (χ0) is 12.1. The van der Waals surface area contributed by atoms with Crippen molar-refractivity contribution in [1.82, 2.24) is 0 Å². The van der Waals surface area contributed by atoms with Crippen molar-refractivity contribution in [3.05, 3.63) is 29.6 Å². The number of halogens is 1. The van der Waals surface area contributed by atoms with E-state index in [0.29, 0.717) is 0 Å². The molecule has 5 heteroatoms. The quantitative estimate of drug-likeness (QED) is 0.815. The number of hydrogen-bond acceptors (Lipinski definition) is 3. The van der Waals surface area contributed by atoms with Gasteiger partial charge in [0.2, 0.25) is 0 Å². The molecule has 1 rings (SSSR count). The molecule has 0 spiro atoms. The Bertz CT molecular complexity index is 440. The molecule has 0 fully saturated rings. The second-order valence-corrected chi connectivity index (χ2v) is 3.43. The van der Waals surface area contributed by atoms with E-state index in [1.807, 2.05) is 6.07 Å². The summed E-state index contributed by atoms with van der Waals surface area (Å²) in [5.41, 5.74) is 0.432. The number of benzene rings is 1. The summed E-state index contributed by atoms with van der Waals surface area (Å²) in [4.78, 5) is 10.5. The average molecular weight is 222 g/mol. The first-order valence-electron chi connectivity index (χ1n) is 4.71. The van der Waals surface area contributed by atoms with Crippen LogP contribution in [0.5, 0.6) is 0 Å². The number of rotatable bonds is 4. The Morgan fingerprint density at radius 2 is 2.38 bits per heavy atom. The molecule has 0 saturated carbocycles. The number of hydrogen-bond donors (Lipinski definition) is 2. The first kappa shape index (κ1) is 12.0. The number of anilines is 1. The number of aliphatic carboxylic acids is 1. The van der Waals surface area contributed by atoms with Crippen LogP contribution < -0.4 is 5.32 Å². The third kappa shape index (κ3) is 2.95. The Kier molecular flexibility index (Phi) is 3.84. The monoisotopic (exact) mass is 222 g/mol. The number of nitriles is 1. The van der Waals surface area contributed by atoms with E-state index in [4.69, 9.17) is 10.4 Å². The van der Waals surface area contributed by atoms with Gasteiger partial charge in [0.1, 0.15) is 5.82 Å². The summed E-state index contributed by atoms with van der Waals surface area (Å²) in [5.74, 6) is -2.10. The van der Waals surface area contributed by atoms with Gasteiger partial charge in [-0.05, 0) is 18.2 Å². The maximum atomic E-state index is 13.3. The van der Waals surface area contributed by atoms with Crippen LogP contribution >= 0.6 is 0 Å². The minimum absolute atomic E-state index is 0.137. The SMILES string of the molecule is CC(CNc1ccc(C#N)cc1F)C(=O)O. The third-order valence-electron chi connectivity index (χ3n) is 2.12. The van der Waals surface area contributed by atoms with Crippen LogP contribution in [0.4, 0.5) is 10.1 Å². The van der Waals surface area contributed by atoms with Crippen LogP contribution in [-0.4, -0.2) is 17.6 Å².